The number of piperazine rings is 1. The fourth-order valence-corrected chi connectivity index (χ4v) is 4.24. The predicted octanol–water partition coefficient (Wildman–Crippen LogP) is 1.93. The fourth-order valence-electron chi connectivity index (χ4n) is 4.24. The highest BCUT2D eigenvalue weighted by molar-refractivity contribution is 5.05. The lowest BCUT2D eigenvalue weighted by atomic mass is 9.88. The summed E-state index contributed by atoms with van der Waals surface area (Å²) in [5.74, 6) is 0.939. The van der Waals surface area contributed by atoms with Gasteiger partial charge in [-0.2, -0.15) is 0 Å². The summed E-state index contributed by atoms with van der Waals surface area (Å²) in [6, 6.07) is 1.55. The summed E-state index contributed by atoms with van der Waals surface area (Å²) in [4.78, 5) is 5.39. The van der Waals surface area contributed by atoms with E-state index < -0.39 is 0 Å². The van der Waals surface area contributed by atoms with Crippen molar-refractivity contribution in [3.8, 4) is 0 Å². The molecule has 3 unspecified atom stereocenters. The van der Waals surface area contributed by atoms with Gasteiger partial charge in [0.15, 0.2) is 0 Å². The number of nitrogens with one attached hydrogen (secondary N) is 1. The van der Waals surface area contributed by atoms with Gasteiger partial charge in [-0.3, -0.25) is 4.90 Å². The van der Waals surface area contributed by atoms with E-state index in [0.29, 0.717) is 5.54 Å². The minimum atomic E-state index is 0.391. The van der Waals surface area contributed by atoms with Crippen molar-refractivity contribution >= 4 is 0 Å². The molecule has 2 saturated heterocycles. The van der Waals surface area contributed by atoms with E-state index in [2.05, 4.69) is 36.0 Å². The molecule has 3 rings (SSSR count). The van der Waals surface area contributed by atoms with Crippen LogP contribution in [0.1, 0.15) is 46.0 Å². The average molecular weight is 265 g/mol. The second kappa shape index (κ2) is 5.34. The molecule has 19 heavy (non-hydrogen) atoms. The molecule has 1 N–H and O–H groups in total. The number of nitrogens with zero attached hydrogens (tertiary/aromatic N) is 2. The molecule has 3 atom stereocenters. The Labute approximate surface area is 118 Å². The third-order valence-electron chi connectivity index (χ3n) is 5.74. The standard InChI is InChI=1S/C16H31N3/c1-4-14-10-17-16(2,13-7-8-13)12-19(14)15-6-5-9-18(3)11-15/h13-15,17H,4-12H2,1-3H3. The van der Waals surface area contributed by atoms with Gasteiger partial charge in [-0.15, -0.1) is 0 Å². The minimum absolute atomic E-state index is 0.391. The molecule has 3 fully saturated rings. The van der Waals surface area contributed by atoms with Crippen LogP contribution in [0.3, 0.4) is 0 Å². The largest absolute Gasteiger partial charge is 0.308 e. The fraction of sp³-hybridized carbons (Fsp3) is 1.00. The van der Waals surface area contributed by atoms with Crippen LogP contribution in [0, 0.1) is 5.92 Å². The summed E-state index contributed by atoms with van der Waals surface area (Å²) in [5, 5.41) is 3.88. The molecule has 110 valence electrons. The zero-order valence-electron chi connectivity index (χ0n) is 13.0. The van der Waals surface area contributed by atoms with Gasteiger partial charge in [-0.1, -0.05) is 6.92 Å². The van der Waals surface area contributed by atoms with Gasteiger partial charge in [-0.25, -0.2) is 0 Å². The summed E-state index contributed by atoms with van der Waals surface area (Å²) < 4.78 is 0. The van der Waals surface area contributed by atoms with Crippen molar-refractivity contribution in [3.63, 3.8) is 0 Å². The first-order chi connectivity index (χ1) is 9.12. The van der Waals surface area contributed by atoms with Crippen LogP contribution in [0.25, 0.3) is 0 Å². The number of piperidine rings is 1. The number of likely N-dealkylation sites (N-methyl/N-ethyl adjacent to an activating group) is 1. The number of hydrogen-bond acceptors (Lipinski definition) is 3. The summed E-state index contributed by atoms with van der Waals surface area (Å²) in [5.41, 5.74) is 0.391. The maximum Gasteiger partial charge on any atom is 0.0309 e. The summed E-state index contributed by atoms with van der Waals surface area (Å²) in [6.45, 7) is 9.86. The monoisotopic (exact) mass is 265 g/mol. The van der Waals surface area contributed by atoms with Gasteiger partial charge in [-0.05, 0) is 58.5 Å². The van der Waals surface area contributed by atoms with Gasteiger partial charge in [0.2, 0.25) is 0 Å². The van der Waals surface area contributed by atoms with Crippen molar-refractivity contribution in [2.45, 2.75) is 63.6 Å². The van der Waals surface area contributed by atoms with E-state index in [1.54, 1.807) is 0 Å². The smallest absolute Gasteiger partial charge is 0.0309 e. The van der Waals surface area contributed by atoms with Crippen molar-refractivity contribution in [2.75, 3.05) is 33.2 Å². The second-order valence-corrected chi connectivity index (χ2v) is 7.37. The first-order valence-corrected chi connectivity index (χ1v) is 8.31. The highest BCUT2D eigenvalue weighted by Crippen LogP contribution is 2.42. The first kappa shape index (κ1) is 13.8. The van der Waals surface area contributed by atoms with Crippen LogP contribution in [0.15, 0.2) is 0 Å². The maximum absolute atomic E-state index is 3.88. The highest BCUT2D eigenvalue weighted by atomic mass is 15.3. The quantitative estimate of drug-likeness (QED) is 0.841. The molecule has 0 aromatic rings. The second-order valence-electron chi connectivity index (χ2n) is 7.37. The van der Waals surface area contributed by atoms with Gasteiger partial charge in [0.25, 0.3) is 0 Å². The Morgan fingerprint density at radius 2 is 2.05 bits per heavy atom. The van der Waals surface area contributed by atoms with Crippen LogP contribution in [0.2, 0.25) is 0 Å². The van der Waals surface area contributed by atoms with Crippen LogP contribution in [0.4, 0.5) is 0 Å². The summed E-state index contributed by atoms with van der Waals surface area (Å²) in [7, 11) is 2.29. The van der Waals surface area contributed by atoms with Gasteiger partial charge in [0.1, 0.15) is 0 Å². The Bertz CT molecular complexity index is 315. The molecule has 1 saturated carbocycles. The Balaban J connectivity index is 1.71. The first-order valence-electron chi connectivity index (χ1n) is 8.31. The van der Waals surface area contributed by atoms with Crippen molar-refractivity contribution < 1.29 is 0 Å². The van der Waals surface area contributed by atoms with E-state index in [0.717, 1.165) is 18.0 Å². The Morgan fingerprint density at radius 3 is 2.68 bits per heavy atom. The third-order valence-corrected chi connectivity index (χ3v) is 5.74. The lowest BCUT2D eigenvalue weighted by molar-refractivity contribution is 0.0101. The molecule has 3 heteroatoms. The third kappa shape index (κ3) is 2.84. The van der Waals surface area contributed by atoms with E-state index in [1.807, 2.05) is 0 Å². The molecule has 2 heterocycles. The number of likely N-dealkylation sites (tertiary alicyclic amines) is 1. The molecule has 1 aliphatic carbocycles. The van der Waals surface area contributed by atoms with Crippen molar-refractivity contribution in [2.24, 2.45) is 5.92 Å². The Morgan fingerprint density at radius 1 is 1.26 bits per heavy atom. The Kier molecular flexibility index (Phi) is 3.89. The van der Waals surface area contributed by atoms with E-state index in [4.69, 9.17) is 0 Å². The van der Waals surface area contributed by atoms with Crippen LogP contribution >= 0.6 is 0 Å². The van der Waals surface area contributed by atoms with Crippen molar-refractivity contribution in [3.05, 3.63) is 0 Å². The van der Waals surface area contributed by atoms with E-state index >= 15 is 0 Å². The summed E-state index contributed by atoms with van der Waals surface area (Å²) >= 11 is 0. The molecule has 3 aliphatic rings. The Hall–Kier alpha value is -0.120. The zero-order chi connectivity index (χ0) is 13.5. The number of rotatable bonds is 3. The van der Waals surface area contributed by atoms with Crippen LogP contribution in [0.5, 0.6) is 0 Å². The molecule has 2 aliphatic heterocycles. The van der Waals surface area contributed by atoms with Gasteiger partial charge in [0.05, 0.1) is 0 Å². The summed E-state index contributed by atoms with van der Waals surface area (Å²) in [6.07, 6.45) is 6.95. The van der Waals surface area contributed by atoms with Gasteiger partial charge < -0.3 is 10.2 Å². The molecule has 0 aromatic carbocycles. The molecule has 0 radical (unpaired) electrons. The predicted molar refractivity (Wildman–Crippen MR) is 80.4 cm³/mol. The normalized spacial score (nSPS) is 42.5. The van der Waals surface area contributed by atoms with Crippen molar-refractivity contribution in [1.82, 2.24) is 15.1 Å². The maximum atomic E-state index is 3.88. The van der Waals surface area contributed by atoms with Gasteiger partial charge >= 0.3 is 0 Å². The topological polar surface area (TPSA) is 18.5 Å². The molecular weight excluding hydrogens is 234 g/mol. The molecule has 0 aromatic heterocycles. The molecule has 0 amide bonds. The molecule has 0 spiro atoms. The van der Waals surface area contributed by atoms with E-state index in [9.17, 15) is 0 Å². The van der Waals surface area contributed by atoms with Crippen molar-refractivity contribution in [1.29, 1.82) is 0 Å². The van der Waals surface area contributed by atoms with E-state index in [-0.39, 0.29) is 0 Å². The number of hydrogen-bond donors (Lipinski definition) is 1. The lowest BCUT2D eigenvalue weighted by Gasteiger charge is -2.51. The molecular formula is C16H31N3. The van der Waals surface area contributed by atoms with Crippen LogP contribution in [-0.4, -0.2) is 60.6 Å². The molecule has 3 nitrogen and oxygen atoms in total. The van der Waals surface area contributed by atoms with E-state index in [1.165, 1.54) is 58.3 Å². The van der Waals surface area contributed by atoms with Gasteiger partial charge in [0, 0.05) is 37.3 Å². The average Bonchev–Trinajstić information content (AvgIpc) is 3.23. The lowest BCUT2D eigenvalue weighted by Crippen LogP contribution is -2.67. The zero-order valence-corrected chi connectivity index (χ0v) is 13.0. The van der Waals surface area contributed by atoms with Crippen LogP contribution < -0.4 is 5.32 Å². The molecule has 0 bridgehead atoms. The highest BCUT2D eigenvalue weighted by Gasteiger charge is 2.47. The SMILES string of the molecule is CCC1CNC(C)(C2CC2)CN1C1CCCN(C)C1. The van der Waals surface area contributed by atoms with Crippen LogP contribution in [-0.2, 0) is 0 Å². The minimum Gasteiger partial charge on any atom is -0.308 e.